The van der Waals surface area contributed by atoms with Crippen LogP contribution in [-0.2, 0) is 14.3 Å². The fraction of sp³-hybridized carbons (Fsp3) is 0.733. The van der Waals surface area contributed by atoms with E-state index in [1.165, 1.54) is 6.92 Å². The van der Waals surface area contributed by atoms with Crippen molar-refractivity contribution in [3.8, 4) is 0 Å². The molecule has 2 unspecified atom stereocenters. The molecule has 0 bridgehead atoms. The highest BCUT2D eigenvalue weighted by molar-refractivity contribution is 6.81. The van der Waals surface area contributed by atoms with Gasteiger partial charge in [-0.25, -0.2) is 0 Å². The van der Waals surface area contributed by atoms with Crippen LogP contribution in [0.1, 0.15) is 19.8 Å². The van der Waals surface area contributed by atoms with Gasteiger partial charge in [-0.2, -0.15) is 0 Å². The summed E-state index contributed by atoms with van der Waals surface area (Å²) in [4.78, 5) is 26.4. The maximum absolute atomic E-state index is 12.3. The number of ether oxygens (including phenoxy) is 1. The van der Waals surface area contributed by atoms with Crippen LogP contribution in [0.5, 0.6) is 0 Å². The SMILES string of the molecule is CC(=O)OCC1(CCCN=[N+]=[N-])C2C(=O)C=C[C@]21[Si](C)(C)C. The average Bonchev–Trinajstić information content (AvgIpc) is 2.84. The average molecular weight is 321 g/mol. The first kappa shape index (κ1) is 16.8. The van der Waals surface area contributed by atoms with Crippen molar-refractivity contribution in [2.75, 3.05) is 13.2 Å². The second-order valence-electron chi connectivity index (χ2n) is 7.28. The molecule has 22 heavy (non-hydrogen) atoms. The number of nitrogens with zero attached hydrogens (tertiary/aromatic N) is 3. The van der Waals surface area contributed by atoms with Crippen LogP contribution >= 0.6 is 0 Å². The molecule has 0 N–H and O–H groups in total. The van der Waals surface area contributed by atoms with Gasteiger partial charge >= 0.3 is 5.97 Å². The minimum Gasteiger partial charge on any atom is -0.465 e. The molecule has 1 fully saturated rings. The highest BCUT2D eigenvalue weighted by Gasteiger charge is 2.82. The van der Waals surface area contributed by atoms with Crippen molar-refractivity contribution in [2.45, 2.75) is 44.4 Å². The molecule has 0 aromatic heterocycles. The summed E-state index contributed by atoms with van der Waals surface area (Å²) >= 11 is 0. The van der Waals surface area contributed by atoms with E-state index in [4.69, 9.17) is 10.3 Å². The zero-order chi connectivity index (χ0) is 16.6. The van der Waals surface area contributed by atoms with Gasteiger partial charge in [0.05, 0.1) is 14.7 Å². The summed E-state index contributed by atoms with van der Waals surface area (Å²) in [6, 6.07) is 0. The fourth-order valence-corrected chi connectivity index (χ4v) is 8.12. The number of carbonyl (C=O) groups excluding carboxylic acids is 2. The summed E-state index contributed by atoms with van der Waals surface area (Å²) in [5, 5.41) is 3.44. The van der Waals surface area contributed by atoms with Crippen LogP contribution in [0.4, 0.5) is 0 Å². The summed E-state index contributed by atoms with van der Waals surface area (Å²) in [7, 11) is -1.69. The van der Waals surface area contributed by atoms with E-state index in [-0.39, 0.29) is 34.7 Å². The lowest BCUT2D eigenvalue weighted by atomic mass is 9.92. The first-order chi connectivity index (χ1) is 10.2. The van der Waals surface area contributed by atoms with Crippen LogP contribution in [0.25, 0.3) is 10.4 Å². The molecule has 0 amide bonds. The van der Waals surface area contributed by atoms with Crippen molar-refractivity contribution < 1.29 is 14.3 Å². The van der Waals surface area contributed by atoms with E-state index >= 15 is 0 Å². The Labute approximate surface area is 131 Å². The minimum atomic E-state index is -1.69. The van der Waals surface area contributed by atoms with Gasteiger partial charge in [-0.3, -0.25) is 9.59 Å². The molecule has 0 aromatic carbocycles. The number of azide groups is 1. The van der Waals surface area contributed by atoms with E-state index in [0.717, 1.165) is 6.42 Å². The van der Waals surface area contributed by atoms with E-state index in [1.807, 2.05) is 0 Å². The molecule has 0 radical (unpaired) electrons. The van der Waals surface area contributed by atoms with Crippen molar-refractivity contribution >= 4 is 19.8 Å². The standard InChI is InChI=1S/C15H23N3O3Si/c1-11(19)21-10-14(7-5-9-17-18-16)13-12(20)6-8-15(13,14)22(2,3)4/h6,8,13H,5,7,9-10H2,1-4H3/t13?,14?,15-/m0/s1. The molecule has 2 rings (SSSR count). The first-order valence-electron chi connectivity index (χ1n) is 7.60. The molecule has 120 valence electrons. The molecule has 0 saturated heterocycles. The van der Waals surface area contributed by atoms with Crippen molar-refractivity contribution in [2.24, 2.45) is 16.4 Å². The van der Waals surface area contributed by atoms with Gasteiger partial charge in [0.2, 0.25) is 0 Å². The number of esters is 1. The molecule has 2 aliphatic rings. The zero-order valence-electron chi connectivity index (χ0n) is 13.6. The molecule has 2 aliphatic carbocycles. The van der Waals surface area contributed by atoms with Gasteiger partial charge in [0.15, 0.2) is 5.78 Å². The molecule has 1 saturated carbocycles. The lowest BCUT2D eigenvalue weighted by Crippen LogP contribution is -2.34. The van der Waals surface area contributed by atoms with Crippen LogP contribution in [0, 0.1) is 11.3 Å². The Morgan fingerprint density at radius 2 is 2.18 bits per heavy atom. The lowest BCUT2D eigenvalue weighted by molar-refractivity contribution is -0.143. The number of ketones is 1. The summed E-state index contributed by atoms with van der Waals surface area (Å²) in [6.45, 7) is 8.85. The van der Waals surface area contributed by atoms with Gasteiger partial charge in [-0.1, -0.05) is 30.8 Å². The molecule has 0 heterocycles. The van der Waals surface area contributed by atoms with Gasteiger partial charge in [0.1, 0.15) is 0 Å². The number of hydrogen-bond acceptors (Lipinski definition) is 4. The van der Waals surface area contributed by atoms with E-state index in [9.17, 15) is 9.59 Å². The summed E-state index contributed by atoms with van der Waals surface area (Å²) < 4.78 is 5.32. The first-order valence-corrected chi connectivity index (χ1v) is 11.1. The van der Waals surface area contributed by atoms with Crippen LogP contribution in [0.2, 0.25) is 24.7 Å². The van der Waals surface area contributed by atoms with E-state index in [2.05, 4.69) is 35.7 Å². The molecule has 0 spiro atoms. The Morgan fingerprint density at radius 3 is 2.68 bits per heavy atom. The second-order valence-corrected chi connectivity index (χ2v) is 12.6. The largest absolute Gasteiger partial charge is 0.465 e. The minimum absolute atomic E-state index is 0.0721. The molecular weight excluding hydrogens is 298 g/mol. The summed E-state index contributed by atoms with van der Waals surface area (Å²) in [5.41, 5.74) is 8.10. The van der Waals surface area contributed by atoms with Crippen molar-refractivity contribution in [3.05, 3.63) is 22.6 Å². The van der Waals surface area contributed by atoms with Gasteiger partial charge < -0.3 is 4.74 Å². The monoisotopic (exact) mass is 321 g/mol. The van der Waals surface area contributed by atoms with Crippen molar-refractivity contribution in [1.29, 1.82) is 0 Å². The molecule has 0 aliphatic heterocycles. The Kier molecular flexibility index (Phi) is 4.23. The van der Waals surface area contributed by atoms with Crippen LogP contribution in [-0.4, -0.2) is 33.0 Å². The topological polar surface area (TPSA) is 92.1 Å². The summed E-state index contributed by atoms with van der Waals surface area (Å²) in [6.07, 6.45) is 5.21. The van der Waals surface area contributed by atoms with Crippen LogP contribution in [0.15, 0.2) is 17.3 Å². The normalized spacial score (nSPS) is 32.4. The predicted octanol–water partition coefficient (Wildman–Crippen LogP) is 3.47. The quantitative estimate of drug-likeness (QED) is 0.179. The van der Waals surface area contributed by atoms with Gasteiger partial charge in [-0.05, 0) is 24.4 Å². The molecule has 7 heteroatoms. The van der Waals surface area contributed by atoms with Crippen molar-refractivity contribution in [1.82, 2.24) is 0 Å². The van der Waals surface area contributed by atoms with Gasteiger partial charge in [0, 0.05) is 34.8 Å². The zero-order valence-corrected chi connectivity index (χ0v) is 14.6. The maximum Gasteiger partial charge on any atom is 0.302 e. The molecule has 0 aromatic rings. The maximum atomic E-state index is 12.3. The Balaban J connectivity index is 2.29. The van der Waals surface area contributed by atoms with Gasteiger partial charge in [0.25, 0.3) is 0 Å². The van der Waals surface area contributed by atoms with E-state index in [1.54, 1.807) is 6.08 Å². The Bertz CT molecular complexity index is 577. The van der Waals surface area contributed by atoms with Crippen molar-refractivity contribution in [3.63, 3.8) is 0 Å². The number of rotatable bonds is 7. The predicted molar refractivity (Wildman–Crippen MR) is 86.0 cm³/mol. The third-order valence-electron chi connectivity index (χ3n) is 5.26. The third-order valence-corrected chi connectivity index (χ3v) is 8.70. The van der Waals surface area contributed by atoms with E-state index < -0.39 is 8.07 Å². The Morgan fingerprint density at radius 1 is 1.50 bits per heavy atom. The Hall–Kier alpha value is -1.59. The number of allylic oxidation sites excluding steroid dienone is 2. The van der Waals surface area contributed by atoms with E-state index in [0.29, 0.717) is 13.0 Å². The van der Waals surface area contributed by atoms with Gasteiger partial charge in [-0.15, -0.1) is 0 Å². The number of hydrogen-bond donors (Lipinski definition) is 0. The second kappa shape index (κ2) is 5.55. The highest BCUT2D eigenvalue weighted by Crippen LogP contribution is 2.84. The lowest BCUT2D eigenvalue weighted by Gasteiger charge is -2.32. The smallest absolute Gasteiger partial charge is 0.302 e. The van der Waals surface area contributed by atoms with Crippen LogP contribution in [0.3, 0.4) is 0 Å². The summed E-state index contributed by atoms with van der Waals surface area (Å²) in [5.74, 6) is -0.239. The number of fused-ring (bicyclic) bond motifs is 1. The molecule has 6 nitrogen and oxygen atoms in total. The number of carbonyl (C=O) groups is 2. The highest BCUT2D eigenvalue weighted by atomic mass is 28.3. The fourth-order valence-electron chi connectivity index (χ4n) is 4.49. The molecule has 3 atom stereocenters. The van der Waals surface area contributed by atoms with Crippen LogP contribution < -0.4 is 0 Å². The third kappa shape index (κ3) is 2.28. The molecular formula is C15H23N3O3Si.